The van der Waals surface area contributed by atoms with Crippen molar-refractivity contribution >= 4 is 6.03 Å². The highest BCUT2D eigenvalue weighted by molar-refractivity contribution is 5.74. The molecule has 2 amide bonds. The molecule has 0 saturated heterocycles. The molecule has 0 aromatic rings. The van der Waals surface area contributed by atoms with E-state index in [2.05, 4.69) is 5.32 Å². The van der Waals surface area contributed by atoms with E-state index in [0.29, 0.717) is 26.2 Å². The molecule has 0 aromatic heterocycles. The normalized spacial score (nSPS) is 12.3. The number of hydrogen-bond donors (Lipinski definition) is 1. The first-order chi connectivity index (χ1) is 7.19. The zero-order valence-electron chi connectivity index (χ0n) is 10.1. The summed E-state index contributed by atoms with van der Waals surface area (Å²) in [6.07, 6.45) is -0.0884. The largest absolute Gasteiger partial charge is 0.382 e. The van der Waals surface area contributed by atoms with Gasteiger partial charge in [-0.25, -0.2) is 4.79 Å². The molecule has 1 N–H and O–H groups in total. The van der Waals surface area contributed by atoms with Crippen molar-refractivity contribution in [3.63, 3.8) is 0 Å². The fraction of sp³-hybridized carbons (Fsp3) is 0.900. The summed E-state index contributed by atoms with van der Waals surface area (Å²) in [4.78, 5) is 13.3. The van der Waals surface area contributed by atoms with Gasteiger partial charge in [0.15, 0.2) is 0 Å². The number of amides is 2. The second-order valence-corrected chi connectivity index (χ2v) is 3.17. The third-order valence-electron chi connectivity index (χ3n) is 2.22. The Morgan fingerprint density at radius 3 is 2.33 bits per heavy atom. The van der Waals surface area contributed by atoms with E-state index >= 15 is 0 Å². The summed E-state index contributed by atoms with van der Waals surface area (Å²) >= 11 is 0. The predicted molar refractivity (Wildman–Crippen MR) is 59.0 cm³/mol. The van der Waals surface area contributed by atoms with Crippen LogP contribution in [-0.2, 0) is 9.47 Å². The number of hydrogen-bond acceptors (Lipinski definition) is 3. The lowest BCUT2D eigenvalue weighted by molar-refractivity contribution is 0.0297. The Labute approximate surface area is 91.7 Å². The minimum absolute atomic E-state index is 0.0573. The fourth-order valence-corrected chi connectivity index (χ4v) is 1.22. The van der Waals surface area contributed by atoms with Crippen molar-refractivity contribution < 1.29 is 14.3 Å². The molecule has 0 radical (unpaired) electrons. The van der Waals surface area contributed by atoms with Crippen molar-refractivity contribution in [3.05, 3.63) is 0 Å². The Morgan fingerprint density at radius 2 is 1.93 bits per heavy atom. The van der Waals surface area contributed by atoms with Gasteiger partial charge < -0.3 is 19.7 Å². The van der Waals surface area contributed by atoms with E-state index in [0.717, 1.165) is 0 Å². The maximum Gasteiger partial charge on any atom is 0.317 e. The molecule has 0 aliphatic carbocycles. The van der Waals surface area contributed by atoms with Gasteiger partial charge in [-0.3, -0.25) is 0 Å². The molecule has 0 aliphatic heterocycles. The van der Waals surface area contributed by atoms with E-state index in [9.17, 15) is 4.79 Å². The van der Waals surface area contributed by atoms with Gasteiger partial charge in [0.2, 0.25) is 0 Å². The van der Waals surface area contributed by atoms with Crippen LogP contribution in [0.3, 0.4) is 0 Å². The van der Waals surface area contributed by atoms with E-state index in [1.807, 2.05) is 13.8 Å². The Morgan fingerprint density at radius 1 is 1.33 bits per heavy atom. The standard InChI is InChI=1S/C10H22N2O3/c1-5-12(6-2)10(13)11-7-9(15-4)8-14-3/h9H,5-8H2,1-4H3,(H,11,13). The van der Waals surface area contributed by atoms with E-state index in [1.54, 1.807) is 19.1 Å². The molecule has 0 heterocycles. The molecule has 0 spiro atoms. The SMILES string of the molecule is CCN(CC)C(=O)NCC(COC)OC. The summed E-state index contributed by atoms with van der Waals surface area (Å²) < 4.78 is 10.1. The van der Waals surface area contributed by atoms with Crippen molar-refractivity contribution in [2.45, 2.75) is 20.0 Å². The second-order valence-electron chi connectivity index (χ2n) is 3.17. The second kappa shape index (κ2) is 8.49. The Hall–Kier alpha value is -0.810. The molecule has 0 bridgehead atoms. The Balaban J connectivity index is 3.85. The van der Waals surface area contributed by atoms with Crippen molar-refractivity contribution in [2.75, 3.05) is 40.5 Å². The Kier molecular flexibility index (Phi) is 8.04. The summed E-state index contributed by atoms with van der Waals surface area (Å²) in [7, 11) is 3.21. The van der Waals surface area contributed by atoms with Crippen LogP contribution >= 0.6 is 0 Å². The fourth-order valence-electron chi connectivity index (χ4n) is 1.22. The van der Waals surface area contributed by atoms with Crippen molar-refractivity contribution in [1.29, 1.82) is 0 Å². The summed E-state index contributed by atoms with van der Waals surface area (Å²) in [6.45, 7) is 6.28. The van der Waals surface area contributed by atoms with Crippen LogP contribution in [0.15, 0.2) is 0 Å². The van der Waals surface area contributed by atoms with Crippen molar-refractivity contribution in [3.8, 4) is 0 Å². The highest BCUT2D eigenvalue weighted by Gasteiger charge is 2.12. The zero-order chi connectivity index (χ0) is 11.7. The predicted octanol–water partition coefficient (Wildman–Crippen LogP) is 0.699. The molecule has 0 aromatic carbocycles. The molecule has 0 saturated carbocycles. The van der Waals surface area contributed by atoms with Gasteiger partial charge in [-0.05, 0) is 13.8 Å². The van der Waals surface area contributed by atoms with Crippen LogP contribution in [0.5, 0.6) is 0 Å². The van der Waals surface area contributed by atoms with Gasteiger partial charge in [-0.15, -0.1) is 0 Å². The van der Waals surface area contributed by atoms with Crippen LogP contribution in [0.4, 0.5) is 4.79 Å². The Bertz CT molecular complexity index is 172. The molecule has 1 atom stereocenters. The summed E-state index contributed by atoms with van der Waals surface area (Å²) in [5.74, 6) is 0. The number of urea groups is 1. The van der Waals surface area contributed by atoms with E-state index in [-0.39, 0.29) is 12.1 Å². The first kappa shape index (κ1) is 14.2. The molecule has 0 rings (SSSR count). The lowest BCUT2D eigenvalue weighted by Crippen LogP contribution is -2.43. The number of carbonyl (C=O) groups is 1. The molecule has 0 fully saturated rings. The molecule has 0 aliphatic rings. The highest BCUT2D eigenvalue weighted by Crippen LogP contribution is 1.92. The van der Waals surface area contributed by atoms with E-state index in [1.165, 1.54) is 0 Å². The van der Waals surface area contributed by atoms with Crippen molar-refractivity contribution in [1.82, 2.24) is 10.2 Å². The van der Waals surface area contributed by atoms with Crippen molar-refractivity contribution in [2.24, 2.45) is 0 Å². The van der Waals surface area contributed by atoms with Crippen LogP contribution in [0.1, 0.15) is 13.8 Å². The van der Waals surface area contributed by atoms with Gasteiger partial charge >= 0.3 is 6.03 Å². The van der Waals surface area contributed by atoms with Crippen LogP contribution in [0.2, 0.25) is 0 Å². The van der Waals surface area contributed by atoms with E-state index in [4.69, 9.17) is 9.47 Å². The number of ether oxygens (including phenoxy) is 2. The summed E-state index contributed by atoms with van der Waals surface area (Å²) in [5, 5.41) is 2.80. The smallest absolute Gasteiger partial charge is 0.317 e. The molecule has 15 heavy (non-hydrogen) atoms. The van der Waals surface area contributed by atoms with Gasteiger partial charge in [-0.2, -0.15) is 0 Å². The van der Waals surface area contributed by atoms with Gasteiger partial charge in [0, 0.05) is 33.9 Å². The molecule has 5 nitrogen and oxygen atoms in total. The molecule has 5 heteroatoms. The quantitative estimate of drug-likeness (QED) is 0.684. The van der Waals surface area contributed by atoms with Crippen LogP contribution < -0.4 is 5.32 Å². The lowest BCUT2D eigenvalue weighted by atomic mass is 10.4. The van der Waals surface area contributed by atoms with Crippen LogP contribution in [0.25, 0.3) is 0 Å². The highest BCUT2D eigenvalue weighted by atomic mass is 16.5. The number of nitrogens with one attached hydrogen (secondary N) is 1. The van der Waals surface area contributed by atoms with Crippen LogP contribution in [-0.4, -0.2) is 57.5 Å². The average Bonchev–Trinajstić information content (AvgIpc) is 2.25. The van der Waals surface area contributed by atoms with Gasteiger partial charge in [0.05, 0.1) is 12.7 Å². The molecule has 1 unspecified atom stereocenters. The minimum atomic E-state index is -0.0884. The van der Waals surface area contributed by atoms with Gasteiger partial charge in [0.1, 0.15) is 0 Å². The zero-order valence-corrected chi connectivity index (χ0v) is 10.1. The number of rotatable bonds is 7. The molecular weight excluding hydrogens is 196 g/mol. The first-order valence-corrected chi connectivity index (χ1v) is 5.24. The summed E-state index contributed by atoms with van der Waals surface area (Å²) in [5.41, 5.74) is 0. The third-order valence-corrected chi connectivity index (χ3v) is 2.22. The molecule has 90 valence electrons. The number of nitrogens with zero attached hydrogens (tertiary/aromatic N) is 1. The van der Waals surface area contributed by atoms with Gasteiger partial charge in [-0.1, -0.05) is 0 Å². The maximum absolute atomic E-state index is 11.5. The summed E-state index contributed by atoms with van der Waals surface area (Å²) in [6, 6.07) is -0.0573. The molecular formula is C10H22N2O3. The third kappa shape index (κ3) is 5.59. The number of methoxy groups -OCH3 is 2. The average molecular weight is 218 g/mol. The number of carbonyl (C=O) groups excluding carboxylic acids is 1. The van der Waals surface area contributed by atoms with Crippen LogP contribution in [0, 0.1) is 0 Å². The lowest BCUT2D eigenvalue weighted by Gasteiger charge is -2.21. The monoisotopic (exact) mass is 218 g/mol. The minimum Gasteiger partial charge on any atom is -0.382 e. The first-order valence-electron chi connectivity index (χ1n) is 5.24. The van der Waals surface area contributed by atoms with E-state index < -0.39 is 0 Å². The van der Waals surface area contributed by atoms with Gasteiger partial charge in [0.25, 0.3) is 0 Å². The maximum atomic E-state index is 11.5. The topological polar surface area (TPSA) is 50.8 Å².